The summed E-state index contributed by atoms with van der Waals surface area (Å²) in [6.45, 7) is 16.2. The number of aliphatic hydroxyl groups is 1. The fraction of sp³-hybridized carbons (Fsp3) is 0.778. The van der Waals surface area contributed by atoms with E-state index in [4.69, 9.17) is 8.37 Å². The summed E-state index contributed by atoms with van der Waals surface area (Å²) in [7, 11) is -10.2. The fourth-order valence-electron chi connectivity index (χ4n) is 12.6. The van der Waals surface area contributed by atoms with Gasteiger partial charge in [0.25, 0.3) is 20.8 Å². The molecule has 0 spiro atoms. The first kappa shape index (κ1) is 42.1. The zero-order chi connectivity index (χ0) is 34.6. The van der Waals surface area contributed by atoms with Crippen molar-refractivity contribution in [3.05, 3.63) is 34.9 Å². The van der Waals surface area contributed by atoms with Crippen molar-refractivity contribution in [3.63, 3.8) is 0 Å². The van der Waals surface area contributed by atoms with Crippen molar-refractivity contribution in [2.75, 3.05) is 0 Å². The van der Waals surface area contributed by atoms with Crippen molar-refractivity contribution in [2.24, 2.45) is 45.3 Å². The van der Waals surface area contributed by atoms with Crippen LogP contribution in [0.2, 0.25) is 0 Å². The van der Waals surface area contributed by atoms with Crippen molar-refractivity contribution >= 4 is 20.8 Å². The molecule has 0 radical (unpaired) electrons. The molecule has 264 valence electrons. The maximum atomic E-state index is 11.8. The van der Waals surface area contributed by atoms with Crippen LogP contribution >= 0.6 is 0 Å². The summed E-state index contributed by atoms with van der Waals surface area (Å²) in [5, 5.41) is 11.7. The standard InChI is InChI=1S/C36H54O9S2.2Na/c1-22-9-8-16-32(2,3)24(22)12-17-35(6)28-13-18-34(5)27(33(28,4)20-15-30(35)37)14-19-36(7)29(34)21-23-25(44-46(38,39)40)10-11-26(31(23)36)45-47(41,42)43;;/h9-11,24,27-30,37H,8,12-21H2,1-7H3,(H,38,39,40)(H,41,42,43);;/q;2*+1/p-2/t24-,27?,28?,29?,30?,33-,34-,35+,36+;;/m1../s1. The Kier molecular flexibility index (Phi) is 11.9. The summed E-state index contributed by atoms with van der Waals surface area (Å²) in [4.78, 5) is 0. The van der Waals surface area contributed by atoms with Crippen LogP contribution in [0.1, 0.15) is 124 Å². The van der Waals surface area contributed by atoms with Crippen molar-refractivity contribution in [3.8, 4) is 11.5 Å². The van der Waals surface area contributed by atoms with Gasteiger partial charge in [-0.05, 0) is 135 Å². The smallest absolute Gasteiger partial charge is 0.716 e. The van der Waals surface area contributed by atoms with Gasteiger partial charge < -0.3 is 22.6 Å². The molecule has 0 amide bonds. The fourth-order valence-corrected chi connectivity index (χ4v) is 13.3. The molecule has 1 aromatic rings. The minimum atomic E-state index is -5.12. The van der Waals surface area contributed by atoms with Crippen LogP contribution < -0.4 is 67.5 Å². The Morgan fingerprint density at radius 1 is 0.796 bits per heavy atom. The second-order valence-corrected chi connectivity index (χ2v) is 19.4. The Hall–Kier alpha value is 0.340. The summed E-state index contributed by atoms with van der Waals surface area (Å²) in [6.07, 6.45) is 11.8. The van der Waals surface area contributed by atoms with Crippen LogP contribution in [0.4, 0.5) is 0 Å². The molecule has 1 aromatic carbocycles. The number of fused-ring (bicyclic) bond motifs is 7. The molecular weight excluding hydrogens is 687 g/mol. The van der Waals surface area contributed by atoms with Gasteiger partial charge in [0.15, 0.2) is 0 Å². The van der Waals surface area contributed by atoms with Crippen LogP contribution in [-0.2, 0) is 32.6 Å². The largest absolute Gasteiger partial charge is 1.00 e. The topological polar surface area (TPSA) is 153 Å². The quantitative estimate of drug-likeness (QED) is 0.187. The van der Waals surface area contributed by atoms with Crippen molar-refractivity contribution in [2.45, 2.75) is 131 Å². The van der Waals surface area contributed by atoms with E-state index in [9.17, 15) is 31.0 Å². The van der Waals surface area contributed by atoms with Gasteiger partial charge in [-0.2, -0.15) is 0 Å². The third-order valence-corrected chi connectivity index (χ3v) is 15.5. The van der Waals surface area contributed by atoms with Gasteiger partial charge in [0.1, 0.15) is 11.5 Å². The Morgan fingerprint density at radius 3 is 1.96 bits per heavy atom. The van der Waals surface area contributed by atoms with Crippen LogP contribution in [0.25, 0.3) is 0 Å². The van der Waals surface area contributed by atoms with E-state index in [2.05, 4.69) is 54.5 Å². The Morgan fingerprint density at radius 2 is 1.35 bits per heavy atom. The molecule has 4 unspecified atom stereocenters. The van der Waals surface area contributed by atoms with Crippen LogP contribution in [0.3, 0.4) is 0 Å². The van der Waals surface area contributed by atoms with E-state index >= 15 is 0 Å². The molecule has 3 fully saturated rings. The van der Waals surface area contributed by atoms with Crippen LogP contribution in [0.15, 0.2) is 23.8 Å². The molecule has 6 rings (SSSR count). The molecule has 1 N–H and O–H groups in total. The first-order valence-electron chi connectivity index (χ1n) is 17.4. The second-order valence-electron chi connectivity index (χ2n) is 17.4. The number of benzene rings is 1. The van der Waals surface area contributed by atoms with Gasteiger partial charge in [-0.1, -0.05) is 53.2 Å². The van der Waals surface area contributed by atoms with Gasteiger partial charge in [0, 0.05) is 16.5 Å². The zero-order valence-corrected chi connectivity index (χ0v) is 36.6. The van der Waals surface area contributed by atoms with Gasteiger partial charge in [0.05, 0.1) is 6.10 Å². The average molecular weight is 739 g/mol. The third-order valence-electron chi connectivity index (χ3n) is 14.7. The maximum Gasteiger partial charge on any atom is 1.00 e. The van der Waals surface area contributed by atoms with E-state index in [0.717, 1.165) is 51.4 Å². The average Bonchev–Trinajstić information content (AvgIpc) is 3.25. The third kappa shape index (κ3) is 7.17. The van der Waals surface area contributed by atoms with E-state index in [1.165, 1.54) is 24.1 Å². The summed E-state index contributed by atoms with van der Waals surface area (Å²) < 4.78 is 80.4. The molecule has 9 atom stereocenters. The van der Waals surface area contributed by atoms with Gasteiger partial charge >= 0.3 is 59.1 Å². The molecule has 49 heavy (non-hydrogen) atoms. The summed E-state index contributed by atoms with van der Waals surface area (Å²) in [6, 6.07) is 2.44. The summed E-state index contributed by atoms with van der Waals surface area (Å²) in [5.41, 5.74) is 1.47. The molecule has 5 aliphatic rings. The van der Waals surface area contributed by atoms with Gasteiger partial charge in [-0.3, -0.25) is 0 Å². The number of rotatable bonds is 7. The van der Waals surface area contributed by atoms with Crippen molar-refractivity contribution in [1.82, 2.24) is 0 Å². The second kappa shape index (κ2) is 13.9. The Bertz CT molecular complexity index is 1700. The molecule has 0 saturated heterocycles. The summed E-state index contributed by atoms with van der Waals surface area (Å²) >= 11 is 0. The predicted octanol–water partition coefficient (Wildman–Crippen LogP) is 0.959. The molecular formula is C36H52Na2O9S2. The van der Waals surface area contributed by atoms with E-state index < -0.39 is 26.2 Å². The van der Waals surface area contributed by atoms with Gasteiger partial charge in [0.2, 0.25) is 0 Å². The number of hydrogen-bond donors (Lipinski definition) is 1. The number of allylic oxidation sites excluding steroid dienone is 2. The first-order chi connectivity index (χ1) is 21.6. The van der Waals surface area contributed by atoms with E-state index in [1.54, 1.807) is 0 Å². The number of aliphatic hydroxyl groups excluding tert-OH is 1. The maximum absolute atomic E-state index is 11.8. The Balaban J connectivity index is 0.00000270. The molecule has 13 heteroatoms. The van der Waals surface area contributed by atoms with Crippen LogP contribution in [0, 0.1) is 45.3 Å². The molecule has 9 nitrogen and oxygen atoms in total. The van der Waals surface area contributed by atoms with Crippen molar-refractivity contribution < 1.29 is 98.5 Å². The predicted molar refractivity (Wildman–Crippen MR) is 176 cm³/mol. The molecule has 5 aliphatic carbocycles. The summed E-state index contributed by atoms with van der Waals surface area (Å²) in [5.74, 6) is 0.839. The SMILES string of the molecule is CC1=CCCC(C)(C)[C@@H]1CC[C@]1(C)C(O)CC[C@@]2(C)C1CC[C@]1(C)C2CC[C@]2(C)c3c(OS(=O)(=O)[O-])ccc(OS(=O)(=O)[O-])c3CC12.[Na+].[Na+]. The van der Waals surface area contributed by atoms with E-state index in [1.807, 2.05) is 0 Å². The minimum Gasteiger partial charge on any atom is -0.716 e. The van der Waals surface area contributed by atoms with Gasteiger partial charge in [-0.15, -0.1) is 0 Å². The molecule has 0 heterocycles. The van der Waals surface area contributed by atoms with Crippen molar-refractivity contribution in [1.29, 1.82) is 0 Å². The van der Waals surface area contributed by atoms with Gasteiger partial charge in [-0.25, -0.2) is 16.8 Å². The first-order valence-corrected chi connectivity index (χ1v) is 20.0. The zero-order valence-electron chi connectivity index (χ0n) is 30.9. The molecule has 0 aromatic heterocycles. The van der Waals surface area contributed by atoms with E-state index in [-0.39, 0.29) is 104 Å². The van der Waals surface area contributed by atoms with Crippen LogP contribution in [-0.4, -0.2) is 37.2 Å². The molecule has 0 aliphatic heterocycles. The Labute approximate surface area is 338 Å². The normalized spacial score (nSPS) is 39.5. The number of hydrogen-bond acceptors (Lipinski definition) is 9. The molecule has 3 saturated carbocycles. The van der Waals surface area contributed by atoms with E-state index in [0.29, 0.717) is 41.7 Å². The molecule has 0 bridgehead atoms. The monoisotopic (exact) mass is 738 g/mol. The minimum absolute atomic E-state index is 0. The van der Waals surface area contributed by atoms with Crippen LogP contribution in [0.5, 0.6) is 11.5 Å².